The average molecular weight is 339 g/mol. The molecular formula is C20H25N3O2. The molecule has 1 aromatic carbocycles. The molecule has 3 rings (SSSR count). The first-order valence-electron chi connectivity index (χ1n) is 8.85. The van der Waals surface area contributed by atoms with Crippen LogP contribution in [-0.2, 0) is 11.3 Å². The molecule has 1 aromatic heterocycles. The molecule has 1 aliphatic rings. The molecule has 1 amide bonds. The Morgan fingerprint density at radius 1 is 1.28 bits per heavy atom. The highest BCUT2D eigenvalue weighted by Gasteiger charge is 2.28. The zero-order valence-electron chi connectivity index (χ0n) is 14.3. The van der Waals surface area contributed by atoms with Crippen LogP contribution in [0.25, 0.3) is 0 Å². The van der Waals surface area contributed by atoms with E-state index in [9.17, 15) is 9.90 Å². The van der Waals surface area contributed by atoms with Gasteiger partial charge in [-0.05, 0) is 43.0 Å². The zero-order valence-corrected chi connectivity index (χ0v) is 14.3. The van der Waals surface area contributed by atoms with Crippen molar-refractivity contribution in [1.29, 1.82) is 0 Å². The van der Waals surface area contributed by atoms with Gasteiger partial charge in [-0.1, -0.05) is 36.4 Å². The summed E-state index contributed by atoms with van der Waals surface area (Å²) in [5, 5.41) is 13.4. The first-order valence-corrected chi connectivity index (χ1v) is 8.85. The van der Waals surface area contributed by atoms with E-state index in [4.69, 9.17) is 0 Å². The van der Waals surface area contributed by atoms with Gasteiger partial charge >= 0.3 is 0 Å². The van der Waals surface area contributed by atoms with Crippen LogP contribution in [0.2, 0.25) is 0 Å². The normalized spacial score (nSPS) is 18.8. The molecule has 1 saturated heterocycles. The molecule has 5 nitrogen and oxygen atoms in total. The lowest BCUT2D eigenvalue weighted by Gasteiger charge is -2.26. The van der Waals surface area contributed by atoms with E-state index >= 15 is 0 Å². The average Bonchev–Trinajstić information content (AvgIpc) is 3.08. The topological polar surface area (TPSA) is 65.5 Å². The quantitative estimate of drug-likeness (QED) is 0.812. The maximum absolute atomic E-state index is 12.2. The number of nitrogens with one attached hydrogen (secondary N) is 1. The number of carbonyl (C=O) groups excluding carboxylic acids is 1. The Hall–Kier alpha value is -2.24. The molecule has 0 spiro atoms. The molecule has 2 aromatic rings. The summed E-state index contributed by atoms with van der Waals surface area (Å²) in [6, 6.07) is 13.8. The standard InChI is InChI=1S/C20H25N3O2/c24-19(17-7-2-1-3-8-17)12-18-9-5-11-23(18)15-20(25)22-14-16-6-4-10-21-13-16/h1-4,6-8,10,13,18-19,24H,5,9,11-12,14-15H2,(H,22,25)/t18-,19+/m1/s1. The fourth-order valence-electron chi connectivity index (χ4n) is 3.38. The number of hydrogen-bond acceptors (Lipinski definition) is 4. The number of hydrogen-bond donors (Lipinski definition) is 2. The van der Waals surface area contributed by atoms with Gasteiger partial charge in [-0.15, -0.1) is 0 Å². The number of aromatic nitrogens is 1. The summed E-state index contributed by atoms with van der Waals surface area (Å²) in [4.78, 5) is 18.5. The Morgan fingerprint density at radius 3 is 2.88 bits per heavy atom. The second kappa shape index (κ2) is 8.74. The van der Waals surface area contributed by atoms with Gasteiger partial charge in [0.1, 0.15) is 0 Å². The van der Waals surface area contributed by atoms with Crippen LogP contribution in [0.1, 0.15) is 36.5 Å². The lowest BCUT2D eigenvalue weighted by atomic mass is 10.0. The molecule has 5 heteroatoms. The molecule has 2 N–H and O–H groups in total. The van der Waals surface area contributed by atoms with Crippen LogP contribution < -0.4 is 5.32 Å². The van der Waals surface area contributed by atoms with E-state index in [0.717, 1.165) is 30.5 Å². The molecule has 132 valence electrons. The van der Waals surface area contributed by atoms with Crippen molar-refractivity contribution in [3.8, 4) is 0 Å². The number of aliphatic hydroxyl groups is 1. The second-order valence-electron chi connectivity index (χ2n) is 6.57. The minimum atomic E-state index is -0.481. The predicted octanol–water partition coefficient (Wildman–Crippen LogP) is 2.29. The maximum Gasteiger partial charge on any atom is 0.234 e. The Kier molecular flexibility index (Phi) is 6.14. The Bertz CT molecular complexity index is 663. The van der Waals surface area contributed by atoms with Crippen molar-refractivity contribution in [2.24, 2.45) is 0 Å². The minimum Gasteiger partial charge on any atom is -0.388 e. The van der Waals surface area contributed by atoms with Gasteiger partial charge in [-0.2, -0.15) is 0 Å². The number of benzene rings is 1. The van der Waals surface area contributed by atoms with Gasteiger partial charge in [0.05, 0.1) is 12.6 Å². The van der Waals surface area contributed by atoms with Crippen molar-refractivity contribution < 1.29 is 9.90 Å². The van der Waals surface area contributed by atoms with Crippen LogP contribution in [0.4, 0.5) is 0 Å². The largest absolute Gasteiger partial charge is 0.388 e. The van der Waals surface area contributed by atoms with Crippen LogP contribution >= 0.6 is 0 Å². The van der Waals surface area contributed by atoms with Crippen molar-refractivity contribution in [1.82, 2.24) is 15.2 Å². The van der Waals surface area contributed by atoms with Crippen LogP contribution in [0, 0.1) is 0 Å². The molecule has 1 fully saturated rings. The van der Waals surface area contributed by atoms with Gasteiger partial charge in [0.25, 0.3) is 0 Å². The van der Waals surface area contributed by atoms with Gasteiger partial charge in [-0.25, -0.2) is 0 Å². The lowest BCUT2D eigenvalue weighted by molar-refractivity contribution is -0.122. The minimum absolute atomic E-state index is 0.0185. The molecule has 0 radical (unpaired) electrons. The van der Waals surface area contributed by atoms with E-state index in [1.807, 2.05) is 42.5 Å². The third-order valence-electron chi connectivity index (χ3n) is 4.74. The summed E-state index contributed by atoms with van der Waals surface area (Å²) >= 11 is 0. The zero-order chi connectivity index (χ0) is 17.5. The highest BCUT2D eigenvalue weighted by molar-refractivity contribution is 5.78. The molecule has 2 heterocycles. The summed E-state index contributed by atoms with van der Waals surface area (Å²) in [6.07, 6.45) is 5.76. The maximum atomic E-state index is 12.2. The molecular weight excluding hydrogens is 314 g/mol. The number of likely N-dealkylation sites (tertiary alicyclic amines) is 1. The van der Waals surface area contributed by atoms with Crippen molar-refractivity contribution in [2.75, 3.05) is 13.1 Å². The van der Waals surface area contributed by atoms with Crippen LogP contribution in [0.5, 0.6) is 0 Å². The van der Waals surface area contributed by atoms with Gasteiger partial charge in [0.2, 0.25) is 5.91 Å². The van der Waals surface area contributed by atoms with Gasteiger partial charge in [0.15, 0.2) is 0 Å². The highest BCUT2D eigenvalue weighted by Crippen LogP contribution is 2.27. The van der Waals surface area contributed by atoms with Crippen LogP contribution in [0.3, 0.4) is 0 Å². The number of amides is 1. The smallest absolute Gasteiger partial charge is 0.234 e. The second-order valence-corrected chi connectivity index (χ2v) is 6.57. The molecule has 0 bridgehead atoms. The Labute approximate surface area is 148 Å². The van der Waals surface area contributed by atoms with E-state index < -0.39 is 6.10 Å². The highest BCUT2D eigenvalue weighted by atomic mass is 16.3. The fraction of sp³-hybridized carbons (Fsp3) is 0.400. The van der Waals surface area contributed by atoms with Gasteiger partial charge in [0, 0.05) is 25.0 Å². The van der Waals surface area contributed by atoms with Crippen molar-refractivity contribution in [2.45, 2.75) is 38.0 Å². The van der Waals surface area contributed by atoms with Crippen molar-refractivity contribution in [3.63, 3.8) is 0 Å². The van der Waals surface area contributed by atoms with Gasteiger partial charge < -0.3 is 10.4 Å². The first-order chi connectivity index (χ1) is 12.2. The van der Waals surface area contributed by atoms with Crippen molar-refractivity contribution >= 4 is 5.91 Å². The summed E-state index contributed by atoms with van der Waals surface area (Å²) in [6.45, 7) is 1.79. The monoisotopic (exact) mass is 339 g/mol. The number of carbonyl (C=O) groups is 1. The Balaban J connectivity index is 1.48. The molecule has 2 atom stereocenters. The predicted molar refractivity (Wildman–Crippen MR) is 96.7 cm³/mol. The Morgan fingerprint density at radius 2 is 2.12 bits per heavy atom. The van der Waals surface area contributed by atoms with Gasteiger partial charge in [-0.3, -0.25) is 14.7 Å². The van der Waals surface area contributed by atoms with E-state index in [-0.39, 0.29) is 11.9 Å². The summed E-state index contributed by atoms with van der Waals surface area (Å²) in [5.74, 6) is 0.0185. The fourth-order valence-corrected chi connectivity index (χ4v) is 3.38. The van der Waals surface area contributed by atoms with Crippen LogP contribution in [0.15, 0.2) is 54.9 Å². The number of aliphatic hydroxyl groups excluding tert-OH is 1. The number of rotatable bonds is 7. The number of pyridine rings is 1. The molecule has 0 saturated carbocycles. The SMILES string of the molecule is O=C(CN1CCC[C@@H]1C[C@H](O)c1ccccc1)NCc1cccnc1. The first kappa shape index (κ1) is 17.6. The van der Waals surface area contributed by atoms with E-state index in [2.05, 4.69) is 15.2 Å². The molecule has 0 aliphatic carbocycles. The van der Waals surface area contributed by atoms with E-state index in [1.165, 1.54) is 0 Å². The third-order valence-corrected chi connectivity index (χ3v) is 4.74. The number of nitrogens with zero attached hydrogens (tertiary/aromatic N) is 2. The van der Waals surface area contributed by atoms with Crippen LogP contribution in [-0.4, -0.2) is 40.0 Å². The van der Waals surface area contributed by atoms with E-state index in [0.29, 0.717) is 19.5 Å². The summed E-state index contributed by atoms with van der Waals surface area (Å²) in [5.41, 5.74) is 1.93. The molecule has 25 heavy (non-hydrogen) atoms. The molecule has 0 unspecified atom stereocenters. The summed E-state index contributed by atoms with van der Waals surface area (Å²) in [7, 11) is 0. The van der Waals surface area contributed by atoms with E-state index in [1.54, 1.807) is 12.4 Å². The molecule has 1 aliphatic heterocycles. The van der Waals surface area contributed by atoms with Crippen molar-refractivity contribution in [3.05, 3.63) is 66.0 Å². The summed E-state index contributed by atoms with van der Waals surface area (Å²) < 4.78 is 0. The third kappa shape index (κ3) is 5.11. The lowest BCUT2D eigenvalue weighted by Crippen LogP contribution is -2.40.